The summed E-state index contributed by atoms with van der Waals surface area (Å²) >= 11 is 0. The van der Waals surface area contributed by atoms with Gasteiger partial charge in [-0.3, -0.25) is 14.5 Å². The Kier molecular flexibility index (Phi) is 4.11. The molecule has 3 rings (SSSR count). The number of nitrogens with two attached hydrogens (primary N) is 1. The van der Waals surface area contributed by atoms with Crippen LogP contribution in [0.1, 0.15) is 0 Å². The molecule has 2 N–H and O–H groups in total. The van der Waals surface area contributed by atoms with Crippen LogP contribution in [0.4, 0.5) is 0 Å². The van der Waals surface area contributed by atoms with Crippen LogP contribution in [0.5, 0.6) is 0 Å². The number of aromatic nitrogens is 1. The predicted octanol–water partition coefficient (Wildman–Crippen LogP) is 0.271. The zero-order valence-corrected chi connectivity index (χ0v) is 12.4. The zero-order valence-electron chi connectivity index (χ0n) is 12.4. The highest BCUT2D eigenvalue weighted by Crippen LogP contribution is 2.15. The van der Waals surface area contributed by atoms with Gasteiger partial charge in [-0.2, -0.15) is 0 Å². The highest BCUT2D eigenvalue weighted by Gasteiger charge is 2.22. The molecule has 22 heavy (non-hydrogen) atoms. The van der Waals surface area contributed by atoms with Gasteiger partial charge in [0.15, 0.2) is 0 Å². The quantitative estimate of drug-likeness (QED) is 0.881. The van der Waals surface area contributed by atoms with Gasteiger partial charge in [-0.25, -0.2) is 0 Å². The molecule has 6 heteroatoms. The first-order valence-corrected chi connectivity index (χ1v) is 7.46. The maximum Gasteiger partial charge on any atom is 0.242 e. The fraction of sp³-hybridized carbons (Fsp3) is 0.375. The van der Waals surface area contributed by atoms with Gasteiger partial charge in [-0.05, 0) is 17.5 Å². The molecule has 0 radical (unpaired) electrons. The second-order valence-corrected chi connectivity index (χ2v) is 5.63. The van der Waals surface area contributed by atoms with Crippen molar-refractivity contribution >= 4 is 22.7 Å². The van der Waals surface area contributed by atoms with Gasteiger partial charge in [-0.1, -0.05) is 18.2 Å². The van der Waals surface area contributed by atoms with E-state index in [0.717, 1.165) is 10.9 Å². The van der Waals surface area contributed by atoms with Crippen LogP contribution in [-0.2, 0) is 16.1 Å². The monoisotopic (exact) mass is 300 g/mol. The topological polar surface area (TPSA) is 71.6 Å². The number of rotatable bonds is 4. The molecule has 0 unspecified atom stereocenters. The van der Waals surface area contributed by atoms with E-state index in [0.29, 0.717) is 32.7 Å². The Morgan fingerprint density at radius 2 is 1.73 bits per heavy atom. The van der Waals surface area contributed by atoms with Crippen molar-refractivity contribution in [2.45, 2.75) is 6.54 Å². The van der Waals surface area contributed by atoms with Crippen molar-refractivity contribution in [2.75, 3.05) is 32.7 Å². The molecule has 1 fully saturated rings. The summed E-state index contributed by atoms with van der Waals surface area (Å²) in [6, 6.07) is 10.1. The number of fused-ring (bicyclic) bond motifs is 1. The van der Waals surface area contributed by atoms with E-state index < -0.39 is 0 Å². The van der Waals surface area contributed by atoms with Crippen molar-refractivity contribution in [3.63, 3.8) is 0 Å². The maximum absolute atomic E-state index is 12.4. The third-order valence-electron chi connectivity index (χ3n) is 4.09. The lowest BCUT2D eigenvalue weighted by atomic mass is 10.2. The first-order chi connectivity index (χ1) is 10.6. The highest BCUT2D eigenvalue weighted by molar-refractivity contribution is 5.83. The van der Waals surface area contributed by atoms with E-state index in [2.05, 4.69) is 0 Å². The molecule has 2 aromatic rings. The second kappa shape index (κ2) is 6.19. The number of carbonyl (C=O) groups excluding carboxylic acids is 2. The summed E-state index contributed by atoms with van der Waals surface area (Å²) in [4.78, 5) is 27.2. The number of nitrogens with zero attached hydrogens (tertiary/aromatic N) is 3. The summed E-state index contributed by atoms with van der Waals surface area (Å²) in [6.07, 6.45) is 1.95. The van der Waals surface area contributed by atoms with Crippen molar-refractivity contribution < 1.29 is 9.59 Å². The molecule has 1 aromatic heterocycles. The van der Waals surface area contributed by atoms with Gasteiger partial charge in [0, 0.05) is 37.9 Å². The lowest BCUT2D eigenvalue weighted by Gasteiger charge is -2.34. The minimum absolute atomic E-state index is 0.111. The minimum Gasteiger partial charge on any atom is -0.369 e. The number of hydrogen-bond acceptors (Lipinski definition) is 3. The number of amides is 2. The van der Waals surface area contributed by atoms with E-state index in [9.17, 15) is 9.59 Å². The third kappa shape index (κ3) is 3.12. The second-order valence-electron chi connectivity index (χ2n) is 5.63. The van der Waals surface area contributed by atoms with Crippen molar-refractivity contribution in [1.82, 2.24) is 14.4 Å². The number of para-hydroxylation sites is 1. The average molecular weight is 300 g/mol. The summed E-state index contributed by atoms with van der Waals surface area (Å²) < 4.78 is 1.98. The Labute approximate surface area is 129 Å². The smallest absolute Gasteiger partial charge is 0.242 e. The van der Waals surface area contributed by atoms with Crippen LogP contribution in [0.2, 0.25) is 0 Å². The van der Waals surface area contributed by atoms with Crippen LogP contribution in [0.3, 0.4) is 0 Å². The van der Waals surface area contributed by atoms with E-state index in [4.69, 9.17) is 5.73 Å². The lowest BCUT2D eigenvalue weighted by molar-refractivity contribution is -0.133. The molecular formula is C16H20N4O2. The summed E-state index contributed by atoms with van der Waals surface area (Å²) in [5.41, 5.74) is 6.27. The molecule has 0 aliphatic carbocycles. The number of piperazine rings is 1. The third-order valence-corrected chi connectivity index (χ3v) is 4.09. The SMILES string of the molecule is NC(=O)CN1CCN(C(=O)Cn2ccc3ccccc32)CC1. The molecule has 1 aliphatic heterocycles. The normalized spacial score (nSPS) is 16.1. The minimum atomic E-state index is -0.321. The highest BCUT2D eigenvalue weighted by atomic mass is 16.2. The van der Waals surface area contributed by atoms with Gasteiger partial charge in [0.1, 0.15) is 6.54 Å². The molecule has 116 valence electrons. The molecule has 0 atom stereocenters. The van der Waals surface area contributed by atoms with Crippen molar-refractivity contribution in [3.8, 4) is 0 Å². The molecule has 1 aromatic carbocycles. The average Bonchev–Trinajstić information content (AvgIpc) is 2.91. The van der Waals surface area contributed by atoms with Gasteiger partial charge in [0.25, 0.3) is 0 Å². The predicted molar refractivity (Wildman–Crippen MR) is 84.2 cm³/mol. The van der Waals surface area contributed by atoms with E-state index >= 15 is 0 Å². The van der Waals surface area contributed by atoms with E-state index in [1.165, 1.54) is 0 Å². The summed E-state index contributed by atoms with van der Waals surface area (Å²) in [5, 5.41) is 1.14. The summed E-state index contributed by atoms with van der Waals surface area (Å²) in [7, 11) is 0. The van der Waals surface area contributed by atoms with Gasteiger partial charge < -0.3 is 15.2 Å². The lowest BCUT2D eigenvalue weighted by Crippen LogP contribution is -2.51. The summed E-state index contributed by atoms with van der Waals surface area (Å²) in [5.74, 6) is -0.210. The van der Waals surface area contributed by atoms with Crippen LogP contribution in [0.25, 0.3) is 10.9 Å². The maximum atomic E-state index is 12.4. The van der Waals surface area contributed by atoms with Crippen molar-refractivity contribution in [3.05, 3.63) is 36.5 Å². The van der Waals surface area contributed by atoms with E-state index in [1.54, 1.807) is 0 Å². The van der Waals surface area contributed by atoms with Gasteiger partial charge in [0.2, 0.25) is 11.8 Å². The Bertz CT molecular complexity index is 686. The number of hydrogen-bond donors (Lipinski definition) is 1. The first-order valence-electron chi connectivity index (χ1n) is 7.46. The molecular weight excluding hydrogens is 280 g/mol. The van der Waals surface area contributed by atoms with Crippen LogP contribution in [0.15, 0.2) is 36.5 Å². The Morgan fingerprint density at radius 3 is 2.45 bits per heavy atom. The number of carbonyl (C=O) groups is 2. The van der Waals surface area contributed by atoms with Gasteiger partial charge >= 0.3 is 0 Å². The molecule has 2 heterocycles. The van der Waals surface area contributed by atoms with Gasteiger partial charge in [-0.15, -0.1) is 0 Å². The van der Waals surface area contributed by atoms with E-state index in [-0.39, 0.29) is 18.4 Å². The molecule has 1 aliphatic rings. The molecule has 1 saturated heterocycles. The van der Waals surface area contributed by atoms with Gasteiger partial charge in [0.05, 0.1) is 6.54 Å². The molecule has 0 saturated carbocycles. The van der Waals surface area contributed by atoms with Crippen LogP contribution in [-0.4, -0.2) is 58.9 Å². The zero-order chi connectivity index (χ0) is 15.5. The van der Waals surface area contributed by atoms with Crippen LogP contribution >= 0.6 is 0 Å². The van der Waals surface area contributed by atoms with Crippen molar-refractivity contribution in [2.24, 2.45) is 5.73 Å². The fourth-order valence-corrected chi connectivity index (χ4v) is 2.90. The Balaban J connectivity index is 1.60. The molecule has 6 nitrogen and oxygen atoms in total. The Morgan fingerprint density at radius 1 is 1.00 bits per heavy atom. The molecule has 0 spiro atoms. The van der Waals surface area contributed by atoms with E-state index in [1.807, 2.05) is 50.9 Å². The van der Waals surface area contributed by atoms with Crippen molar-refractivity contribution in [1.29, 1.82) is 0 Å². The largest absolute Gasteiger partial charge is 0.369 e. The summed E-state index contributed by atoms with van der Waals surface area (Å²) in [6.45, 7) is 3.30. The number of benzene rings is 1. The van der Waals surface area contributed by atoms with Crippen LogP contribution < -0.4 is 5.73 Å². The standard InChI is InChI=1S/C16H20N4O2/c17-15(21)11-18-7-9-19(10-8-18)16(22)12-20-6-5-13-3-1-2-4-14(13)20/h1-6H,7-12H2,(H2,17,21). The Hall–Kier alpha value is -2.34. The number of primary amides is 1. The van der Waals surface area contributed by atoms with Crippen LogP contribution in [0, 0.1) is 0 Å². The molecule has 0 bridgehead atoms. The first kappa shape index (κ1) is 14.6. The fourth-order valence-electron chi connectivity index (χ4n) is 2.90. The molecule has 2 amide bonds.